The number of rotatable bonds is 6. The average molecular weight is 297 g/mol. The van der Waals surface area contributed by atoms with Gasteiger partial charge >= 0.3 is 0 Å². The Morgan fingerprint density at radius 2 is 2.05 bits per heavy atom. The van der Waals surface area contributed by atoms with E-state index in [1.807, 2.05) is 44.6 Å². The molecule has 0 fully saturated rings. The van der Waals surface area contributed by atoms with Crippen molar-refractivity contribution in [3.8, 4) is 0 Å². The third kappa shape index (κ3) is 3.59. The van der Waals surface area contributed by atoms with Crippen molar-refractivity contribution in [1.82, 2.24) is 25.2 Å². The Morgan fingerprint density at radius 3 is 2.77 bits per heavy atom. The van der Waals surface area contributed by atoms with E-state index in [1.165, 1.54) is 5.56 Å². The minimum absolute atomic E-state index is 0.00257. The van der Waals surface area contributed by atoms with Gasteiger partial charge in [-0.25, -0.2) is 0 Å². The monoisotopic (exact) mass is 297 g/mol. The first kappa shape index (κ1) is 14.5. The van der Waals surface area contributed by atoms with Crippen molar-refractivity contribution in [2.24, 2.45) is 7.05 Å². The molecule has 2 heterocycles. The maximum absolute atomic E-state index is 5.35. The van der Waals surface area contributed by atoms with Crippen LogP contribution in [0.2, 0.25) is 0 Å². The molecule has 1 atom stereocenters. The summed E-state index contributed by atoms with van der Waals surface area (Å²) in [4.78, 5) is 4.46. The first-order valence-electron chi connectivity index (χ1n) is 7.28. The molecule has 0 amide bonds. The molecule has 0 aliphatic heterocycles. The second kappa shape index (κ2) is 6.53. The van der Waals surface area contributed by atoms with Crippen LogP contribution < -0.4 is 5.32 Å². The van der Waals surface area contributed by atoms with E-state index in [-0.39, 0.29) is 6.04 Å². The largest absolute Gasteiger partial charge is 0.338 e. The van der Waals surface area contributed by atoms with E-state index >= 15 is 0 Å². The molecule has 0 aliphatic rings. The molecule has 114 valence electrons. The third-order valence-corrected chi connectivity index (χ3v) is 3.43. The number of nitrogens with zero attached hydrogens (tertiary/aromatic N) is 4. The molecule has 3 aromatic rings. The minimum atomic E-state index is -0.00257. The lowest BCUT2D eigenvalue weighted by Gasteiger charge is -2.07. The Labute approximate surface area is 129 Å². The lowest BCUT2D eigenvalue weighted by atomic mass is 10.1. The molecule has 0 radical (unpaired) electrons. The molecule has 0 saturated heterocycles. The van der Waals surface area contributed by atoms with Gasteiger partial charge in [-0.3, -0.25) is 4.68 Å². The molecule has 0 bridgehead atoms. The summed E-state index contributed by atoms with van der Waals surface area (Å²) in [5, 5.41) is 11.5. The molecule has 0 spiro atoms. The molecule has 1 N–H and O–H groups in total. The highest BCUT2D eigenvalue weighted by Crippen LogP contribution is 2.13. The van der Waals surface area contributed by atoms with Crippen LogP contribution in [0.3, 0.4) is 0 Å². The van der Waals surface area contributed by atoms with Gasteiger partial charge in [0.2, 0.25) is 5.89 Å². The second-order valence-corrected chi connectivity index (χ2v) is 5.34. The second-order valence-electron chi connectivity index (χ2n) is 5.34. The zero-order valence-corrected chi connectivity index (χ0v) is 12.7. The van der Waals surface area contributed by atoms with Crippen LogP contribution in [0.1, 0.15) is 35.8 Å². The van der Waals surface area contributed by atoms with E-state index < -0.39 is 0 Å². The Bertz CT molecular complexity index is 719. The van der Waals surface area contributed by atoms with E-state index in [1.54, 1.807) is 4.68 Å². The van der Waals surface area contributed by atoms with Crippen LogP contribution >= 0.6 is 0 Å². The van der Waals surface area contributed by atoms with Gasteiger partial charge in [0.05, 0.1) is 12.2 Å². The van der Waals surface area contributed by atoms with Gasteiger partial charge in [-0.15, -0.1) is 0 Å². The molecule has 1 aromatic carbocycles. The Morgan fingerprint density at radius 1 is 1.23 bits per heavy atom. The molecule has 22 heavy (non-hydrogen) atoms. The van der Waals surface area contributed by atoms with Crippen molar-refractivity contribution in [2.75, 3.05) is 0 Å². The van der Waals surface area contributed by atoms with Crippen molar-refractivity contribution < 1.29 is 4.52 Å². The van der Waals surface area contributed by atoms with Gasteiger partial charge < -0.3 is 9.84 Å². The van der Waals surface area contributed by atoms with Gasteiger partial charge in [-0.05, 0) is 12.5 Å². The van der Waals surface area contributed by atoms with Crippen LogP contribution in [0.4, 0.5) is 0 Å². The lowest BCUT2D eigenvalue weighted by Crippen LogP contribution is -2.18. The van der Waals surface area contributed by atoms with Gasteiger partial charge in [0.1, 0.15) is 0 Å². The first-order valence-corrected chi connectivity index (χ1v) is 7.28. The van der Waals surface area contributed by atoms with Crippen LogP contribution in [0, 0.1) is 0 Å². The van der Waals surface area contributed by atoms with Crippen molar-refractivity contribution in [2.45, 2.75) is 25.9 Å². The van der Waals surface area contributed by atoms with Crippen LogP contribution in [-0.2, 0) is 20.0 Å². The molecular formula is C16H19N5O. The van der Waals surface area contributed by atoms with E-state index in [9.17, 15) is 0 Å². The molecule has 6 heteroatoms. The summed E-state index contributed by atoms with van der Waals surface area (Å²) in [7, 11) is 1.90. The van der Waals surface area contributed by atoms with E-state index in [4.69, 9.17) is 4.52 Å². The Kier molecular flexibility index (Phi) is 4.29. The topological polar surface area (TPSA) is 68.8 Å². The van der Waals surface area contributed by atoms with Crippen LogP contribution in [0.15, 0.2) is 47.2 Å². The number of aryl methyl sites for hydroxylation is 1. The van der Waals surface area contributed by atoms with Crippen molar-refractivity contribution in [3.63, 3.8) is 0 Å². The minimum Gasteiger partial charge on any atom is -0.338 e. The molecule has 2 aromatic heterocycles. The Balaban J connectivity index is 1.58. The molecular weight excluding hydrogens is 278 g/mol. The third-order valence-electron chi connectivity index (χ3n) is 3.43. The summed E-state index contributed by atoms with van der Waals surface area (Å²) in [6.45, 7) is 2.72. The van der Waals surface area contributed by atoms with Crippen LogP contribution in [-0.4, -0.2) is 19.9 Å². The van der Waals surface area contributed by atoms with Gasteiger partial charge in [-0.1, -0.05) is 35.5 Å². The molecule has 0 saturated carbocycles. The zero-order chi connectivity index (χ0) is 15.4. The summed E-state index contributed by atoms with van der Waals surface area (Å²) in [6.07, 6.45) is 4.50. The summed E-state index contributed by atoms with van der Waals surface area (Å²) >= 11 is 0. The fourth-order valence-electron chi connectivity index (χ4n) is 2.22. The summed E-state index contributed by atoms with van der Waals surface area (Å²) in [5.41, 5.74) is 2.30. The average Bonchev–Trinajstić information content (AvgIpc) is 3.15. The lowest BCUT2D eigenvalue weighted by molar-refractivity contribution is 0.336. The van der Waals surface area contributed by atoms with Gasteiger partial charge in [0, 0.05) is 31.8 Å². The highest BCUT2D eigenvalue weighted by Gasteiger charge is 2.14. The highest BCUT2D eigenvalue weighted by molar-refractivity contribution is 5.18. The predicted molar refractivity (Wildman–Crippen MR) is 82.0 cm³/mol. The fraction of sp³-hybridized carbons (Fsp3) is 0.312. The maximum atomic E-state index is 5.35. The molecule has 0 aliphatic carbocycles. The summed E-state index contributed by atoms with van der Waals surface area (Å²) in [5.74, 6) is 1.31. The maximum Gasteiger partial charge on any atom is 0.243 e. The SMILES string of the molecule is CC(NCc1cnn(C)c1)c1nc(Cc2ccccc2)no1. The van der Waals surface area contributed by atoms with Crippen LogP contribution in [0.5, 0.6) is 0 Å². The number of benzene rings is 1. The predicted octanol–water partition coefficient (Wildman–Crippen LogP) is 2.24. The van der Waals surface area contributed by atoms with Crippen molar-refractivity contribution >= 4 is 0 Å². The number of aromatic nitrogens is 4. The van der Waals surface area contributed by atoms with Gasteiger partial charge in [-0.2, -0.15) is 10.1 Å². The van der Waals surface area contributed by atoms with E-state index in [0.29, 0.717) is 24.7 Å². The number of hydrogen-bond acceptors (Lipinski definition) is 5. The highest BCUT2D eigenvalue weighted by atomic mass is 16.5. The van der Waals surface area contributed by atoms with Crippen molar-refractivity contribution in [1.29, 1.82) is 0 Å². The first-order chi connectivity index (χ1) is 10.7. The molecule has 6 nitrogen and oxygen atoms in total. The van der Waals surface area contributed by atoms with E-state index in [0.717, 1.165) is 5.56 Å². The zero-order valence-electron chi connectivity index (χ0n) is 12.7. The molecule has 3 rings (SSSR count). The van der Waals surface area contributed by atoms with Crippen LogP contribution in [0.25, 0.3) is 0 Å². The summed E-state index contributed by atoms with van der Waals surface area (Å²) < 4.78 is 7.13. The number of hydrogen-bond donors (Lipinski definition) is 1. The Hall–Kier alpha value is -2.47. The van der Waals surface area contributed by atoms with Crippen molar-refractivity contribution in [3.05, 3.63) is 65.6 Å². The molecule has 1 unspecified atom stereocenters. The fourth-order valence-corrected chi connectivity index (χ4v) is 2.22. The summed E-state index contributed by atoms with van der Waals surface area (Å²) in [6, 6.07) is 10.1. The van der Waals surface area contributed by atoms with Gasteiger partial charge in [0.25, 0.3) is 0 Å². The van der Waals surface area contributed by atoms with Gasteiger partial charge in [0.15, 0.2) is 5.82 Å². The quantitative estimate of drug-likeness (QED) is 0.755. The standard InChI is InChI=1S/C16H19N5O/c1-12(17-9-14-10-18-21(2)11-14)16-19-15(20-22-16)8-13-6-4-3-5-7-13/h3-7,10-12,17H,8-9H2,1-2H3. The smallest absolute Gasteiger partial charge is 0.243 e. The number of nitrogens with one attached hydrogen (secondary N) is 1. The normalized spacial score (nSPS) is 12.5. The van der Waals surface area contributed by atoms with E-state index in [2.05, 4.69) is 32.7 Å².